The third kappa shape index (κ3) is 4.09. The van der Waals surface area contributed by atoms with Crippen molar-refractivity contribution in [2.24, 2.45) is 11.7 Å². The van der Waals surface area contributed by atoms with E-state index in [-0.39, 0.29) is 17.7 Å². The van der Waals surface area contributed by atoms with E-state index in [9.17, 15) is 9.59 Å². The molecule has 0 aromatic heterocycles. The lowest BCUT2D eigenvalue weighted by atomic mass is 9.74. The first-order chi connectivity index (χ1) is 12.4. The molecule has 26 heavy (non-hydrogen) atoms. The fraction of sp³-hybridized carbons (Fsp3) is 0.619. The molecule has 2 unspecified atom stereocenters. The number of nitrogens with zero attached hydrogens (tertiary/aromatic N) is 2. The first kappa shape index (κ1) is 18.9. The van der Waals surface area contributed by atoms with Gasteiger partial charge in [0.15, 0.2) is 0 Å². The van der Waals surface area contributed by atoms with Gasteiger partial charge < -0.3 is 15.5 Å². The van der Waals surface area contributed by atoms with Crippen molar-refractivity contribution in [1.29, 1.82) is 0 Å². The maximum atomic E-state index is 13.1. The Bertz CT molecular complexity index is 671. The molecule has 142 valence electrons. The van der Waals surface area contributed by atoms with E-state index in [1.54, 1.807) is 0 Å². The van der Waals surface area contributed by atoms with Gasteiger partial charge in [-0.05, 0) is 45.2 Å². The highest BCUT2D eigenvalue weighted by Gasteiger charge is 2.40. The van der Waals surface area contributed by atoms with E-state index in [0.29, 0.717) is 26.2 Å². The zero-order valence-corrected chi connectivity index (χ0v) is 16.0. The number of hydrogen-bond acceptors (Lipinski definition) is 3. The van der Waals surface area contributed by atoms with Crippen molar-refractivity contribution in [2.45, 2.75) is 51.5 Å². The van der Waals surface area contributed by atoms with Crippen LogP contribution < -0.4 is 5.73 Å². The van der Waals surface area contributed by atoms with Gasteiger partial charge in [0, 0.05) is 37.3 Å². The average Bonchev–Trinajstić information content (AvgIpc) is 2.86. The van der Waals surface area contributed by atoms with Gasteiger partial charge in [-0.3, -0.25) is 9.59 Å². The number of amides is 2. The van der Waals surface area contributed by atoms with Crippen LogP contribution in [0.1, 0.15) is 54.9 Å². The molecule has 2 atom stereocenters. The summed E-state index contributed by atoms with van der Waals surface area (Å²) in [4.78, 5) is 29.7. The number of carbonyl (C=O) groups is 2. The molecule has 1 aliphatic heterocycles. The van der Waals surface area contributed by atoms with Gasteiger partial charge in [0.05, 0.1) is 5.92 Å². The van der Waals surface area contributed by atoms with Crippen molar-refractivity contribution < 1.29 is 9.59 Å². The van der Waals surface area contributed by atoms with Crippen LogP contribution in [0.2, 0.25) is 0 Å². The zero-order chi connectivity index (χ0) is 18.7. The average molecular weight is 357 g/mol. The fourth-order valence-corrected chi connectivity index (χ4v) is 4.29. The number of aryl methyl sites for hydroxylation is 1. The quantitative estimate of drug-likeness (QED) is 0.885. The molecule has 1 heterocycles. The summed E-state index contributed by atoms with van der Waals surface area (Å²) in [6.45, 7) is 6.60. The van der Waals surface area contributed by atoms with Gasteiger partial charge in [-0.1, -0.05) is 30.5 Å². The molecule has 0 bridgehead atoms. The third-order valence-electron chi connectivity index (χ3n) is 5.91. The third-order valence-corrected chi connectivity index (χ3v) is 5.91. The first-order valence-corrected chi connectivity index (χ1v) is 9.82. The molecule has 0 spiro atoms. The highest BCUT2D eigenvalue weighted by Crippen LogP contribution is 2.33. The number of hydrogen-bond donors (Lipinski definition) is 1. The predicted molar refractivity (Wildman–Crippen MR) is 103 cm³/mol. The molecule has 2 amide bonds. The van der Waals surface area contributed by atoms with Gasteiger partial charge in [0.25, 0.3) is 5.91 Å². The molecule has 2 N–H and O–H groups in total. The zero-order valence-electron chi connectivity index (χ0n) is 16.0. The Kier molecular flexibility index (Phi) is 5.66. The largest absolute Gasteiger partial charge is 0.341 e. The molecular formula is C21H31N3O2. The molecule has 1 aromatic carbocycles. The number of carbonyl (C=O) groups excluding carboxylic acids is 2. The van der Waals surface area contributed by atoms with E-state index in [2.05, 4.69) is 0 Å². The minimum absolute atomic E-state index is 0.0596. The minimum atomic E-state index is -0.404. The van der Waals surface area contributed by atoms with Crippen LogP contribution in [0.4, 0.5) is 0 Å². The van der Waals surface area contributed by atoms with Crippen molar-refractivity contribution in [3.63, 3.8) is 0 Å². The Morgan fingerprint density at radius 2 is 1.81 bits per heavy atom. The summed E-state index contributed by atoms with van der Waals surface area (Å²) >= 11 is 0. The molecule has 1 saturated heterocycles. The predicted octanol–water partition coefficient (Wildman–Crippen LogP) is 2.58. The van der Waals surface area contributed by atoms with Crippen molar-refractivity contribution in [2.75, 3.05) is 26.2 Å². The Morgan fingerprint density at radius 1 is 1.08 bits per heavy atom. The second-order valence-corrected chi connectivity index (χ2v) is 8.14. The van der Waals surface area contributed by atoms with E-state index >= 15 is 0 Å². The van der Waals surface area contributed by atoms with Crippen LogP contribution in [-0.4, -0.2) is 53.3 Å². The molecular weight excluding hydrogens is 326 g/mol. The van der Waals surface area contributed by atoms with E-state index in [1.165, 1.54) is 0 Å². The van der Waals surface area contributed by atoms with Crippen LogP contribution >= 0.6 is 0 Å². The summed E-state index contributed by atoms with van der Waals surface area (Å²) in [6.07, 6.45) is 4.80. The van der Waals surface area contributed by atoms with E-state index in [4.69, 9.17) is 5.73 Å². The fourth-order valence-electron chi connectivity index (χ4n) is 4.29. The molecule has 1 aromatic rings. The summed E-state index contributed by atoms with van der Waals surface area (Å²) in [7, 11) is 0. The van der Waals surface area contributed by atoms with Crippen LogP contribution in [0.3, 0.4) is 0 Å². The maximum absolute atomic E-state index is 13.1. The minimum Gasteiger partial charge on any atom is -0.341 e. The Hall–Kier alpha value is -1.88. The topological polar surface area (TPSA) is 66.6 Å². The van der Waals surface area contributed by atoms with Gasteiger partial charge in [-0.25, -0.2) is 0 Å². The van der Waals surface area contributed by atoms with E-state index < -0.39 is 5.54 Å². The van der Waals surface area contributed by atoms with Crippen LogP contribution in [0.5, 0.6) is 0 Å². The second-order valence-electron chi connectivity index (χ2n) is 8.14. The summed E-state index contributed by atoms with van der Waals surface area (Å²) in [6, 6.07) is 7.71. The number of rotatable bonds is 2. The van der Waals surface area contributed by atoms with Crippen molar-refractivity contribution in [3.05, 3.63) is 35.4 Å². The standard InChI is InChI=1S/C21H31N3O2/c1-16-7-5-8-17(15-16)19(25)23-11-6-12-24(14-13-23)20(26)18-9-3-4-10-21(18,2)22/h5,7-8,15,18H,3-4,6,9-14,22H2,1-2H3. The maximum Gasteiger partial charge on any atom is 0.253 e. The van der Waals surface area contributed by atoms with Crippen LogP contribution in [-0.2, 0) is 4.79 Å². The molecule has 0 radical (unpaired) electrons. The normalized spacial score (nSPS) is 27.1. The van der Waals surface area contributed by atoms with Crippen LogP contribution in [0.15, 0.2) is 24.3 Å². The lowest BCUT2D eigenvalue weighted by molar-refractivity contribution is -0.138. The van der Waals surface area contributed by atoms with Gasteiger partial charge in [0.1, 0.15) is 0 Å². The number of benzene rings is 1. The van der Waals surface area contributed by atoms with Crippen LogP contribution in [0, 0.1) is 12.8 Å². The lowest BCUT2D eigenvalue weighted by Crippen LogP contribution is -2.54. The molecule has 5 nitrogen and oxygen atoms in total. The van der Waals surface area contributed by atoms with E-state index in [1.807, 2.05) is 47.9 Å². The van der Waals surface area contributed by atoms with Crippen LogP contribution in [0.25, 0.3) is 0 Å². The first-order valence-electron chi connectivity index (χ1n) is 9.82. The summed E-state index contributed by atoms with van der Waals surface area (Å²) in [5.41, 5.74) is 7.83. The highest BCUT2D eigenvalue weighted by molar-refractivity contribution is 5.94. The summed E-state index contributed by atoms with van der Waals surface area (Å²) in [5.74, 6) is 0.152. The molecule has 3 rings (SSSR count). The summed E-state index contributed by atoms with van der Waals surface area (Å²) in [5, 5.41) is 0. The van der Waals surface area contributed by atoms with Crippen molar-refractivity contribution >= 4 is 11.8 Å². The Morgan fingerprint density at radius 3 is 2.54 bits per heavy atom. The SMILES string of the molecule is Cc1cccc(C(=O)N2CCCN(C(=O)C3CCCCC3(C)N)CC2)c1. The molecule has 1 aliphatic carbocycles. The van der Waals surface area contributed by atoms with Gasteiger partial charge in [-0.15, -0.1) is 0 Å². The molecule has 1 saturated carbocycles. The monoisotopic (exact) mass is 357 g/mol. The molecule has 2 aliphatic rings. The summed E-state index contributed by atoms with van der Waals surface area (Å²) < 4.78 is 0. The second kappa shape index (κ2) is 7.78. The van der Waals surface area contributed by atoms with Gasteiger partial charge >= 0.3 is 0 Å². The number of nitrogens with two attached hydrogens (primary N) is 1. The molecule has 2 fully saturated rings. The Balaban J connectivity index is 1.64. The van der Waals surface area contributed by atoms with Crippen molar-refractivity contribution in [1.82, 2.24) is 9.80 Å². The van der Waals surface area contributed by atoms with Gasteiger partial charge in [0.2, 0.25) is 5.91 Å². The van der Waals surface area contributed by atoms with Crippen molar-refractivity contribution in [3.8, 4) is 0 Å². The molecule has 5 heteroatoms. The Labute approximate surface area is 156 Å². The van der Waals surface area contributed by atoms with E-state index in [0.717, 1.165) is 43.2 Å². The highest BCUT2D eigenvalue weighted by atomic mass is 16.2. The smallest absolute Gasteiger partial charge is 0.253 e. The van der Waals surface area contributed by atoms with Gasteiger partial charge in [-0.2, -0.15) is 0 Å². The lowest BCUT2D eigenvalue weighted by Gasteiger charge is -2.39.